The van der Waals surface area contributed by atoms with E-state index in [1.54, 1.807) is 30.3 Å². The minimum Gasteiger partial charge on any atom is -0.424 e. The highest BCUT2D eigenvalue weighted by Gasteiger charge is 2.41. The van der Waals surface area contributed by atoms with Gasteiger partial charge in [0, 0.05) is 0 Å². The molecule has 0 amide bonds. The van der Waals surface area contributed by atoms with Gasteiger partial charge in [-0.2, -0.15) is 0 Å². The van der Waals surface area contributed by atoms with E-state index in [0.717, 1.165) is 0 Å². The molecule has 0 unspecified atom stereocenters. The summed E-state index contributed by atoms with van der Waals surface area (Å²) in [6.45, 7) is 0. The van der Waals surface area contributed by atoms with Crippen molar-refractivity contribution in [1.29, 1.82) is 0 Å². The van der Waals surface area contributed by atoms with E-state index in [1.807, 2.05) is 0 Å². The molecule has 1 aromatic carbocycles. The first-order valence-electron chi connectivity index (χ1n) is 4.22. The first-order valence-corrected chi connectivity index (χ1v) is 6.11. The maximum atomic E-state index is 11.7. The zero-order chi connectivity index (χ0) is 13.1. The van der Waals surface area contributed by atoms with E-state index in [4.69, 9.17) is 62.7 Å². The summed E-state index contributed by atoms with van der Waals surface area (Å²) >= 11 is 27.8. The third kappa shape index (κ3) is 3.94. The average Bonchev–Trinajstić information content (AvgIpc) is 2.29. The number of ether oxygens (including phenoxy) is 1. The monoisotopic (exact) mass is 332 g/mol. The summed E-state index contributed by atoms with van der Waals surface area (Å²) in [5, 5.41) is -0.412. The van der Waals surface area contributed by atoms with Gasteiger partial charge in [0.05, 0.1) is 5.03 Å². The van der Waals surface area contributed by atoms with E-state index in [1.165, 1.54) is 0 Å². The van der Waals surface area contributed by atoms with Crippen molar-refractivity contribution in [3.05, 3.63) is 39.9 Å². The molecule has 92 valence electrons. The third-order valence-electron chi connectivity index (χ3n) is 1.65. The minimum absolute atomic E-state index is 0.276. The molecule has 0 bridgehead atoms. The largest absolute Gasteiger partial charge is 0.424 e. The molecule has 0 aliphatic rings. The highest BCUT2D eigenvalue weighted by Crippen LogP contribution is 2.38. The Morgan fingerprint density at radius 1 is 1.06 bits per heavy atom. The SMILES string of the molecule is O=C(Oc1ccccc1)C(Cl)(Cl)C(Cl)=C(Cl)Cl. The van der Waals surface area contributed by atoms with Gasteiger partial charge in [0.25, 0.3) is 4.33 Å². The molecule has 0 atom stereocenters. The second-order valence-corrected chi connectivity index (χ2v) is 5.51. The van der Waals surface area contributed by atoms with Crippen LogP contribution in [0.5, 0.6) is 5.75 Å². The van der Waals surface area contributed by atoms with Crippen LogP contribution in [-0.2, 0) is 4.79 Å². The number of benzene rings is 1. The van der Waals surface area contributed by atoms with Gasteiger partial charge in [0.1, 0.15) is 10.2 Å². The predicted molar refractivity (Wildman–Crippen MR) is 71.1 cm³/mol. The summed E-state index contributed by atoms with van der Waals surface area (Å²) in [5.41, 5.74) is 0. The molecule has 0 aliphatic heterocycles. The lowest BCUT2D eigenvalue weighted by Crippen LogP contribution is -2.31. The number of carbonyl (C=O) groups excluding carboxylic acids is 1. The zero-order valence-corrected chi connectivity index (χ0v) is 11.9. The summed E-state index contributed by atoms with van der Waals surface area (Å²) in [7, 11) is 0. The van der Waals surface area contributed by atoms with Crippen LogP contribution in [0, 0.1) is 0 Å². The predicted octanol–water partition coefficient (Wildman–Crippen LogP) is 4.65. The second-order valence-electron chi connectivity index (χ2n) is 2.85. The Kier molecular flexibility index (Phi) is 5.42. The van der Waals surface area contributed by atoms with E-state index in [-0.39, 0.29) is 5.75 Å². The molecule has 0 radical (unpaired) electrons. The number of alkyl halides is 2. The molecule has 0 fully saturated rings. The highest BCUT2D eigenvalue weighted by atomic mass is 35.5. The molecule has 1 rings (SSSR count). The van der Waals surface area contributed by atoms with Crippen LogP contribution < -0.4 is 4.74 Å². The van der Waals surface area contributed by atoms with Gasteiger partial charge in [-0.15, -0.1) is 0 Å². The highest BCUT2D eigenvalue weighted by molar-refractivity contribution is 6.68. The summed E-state index contributed by atoms with van der Waals surface area (Å²) in [6.07, 6.45) is 0. The number of carbonyl (C=O) groups is 1. The maximum Gasteiger partial charge on any atom is 0.353 e. The third-order valence-corrected chi connectivity index (χ3v) is 3.58. The van der Waals surface area contributed by atoms with Crippen molar-refractivity contribution in [3.63, 3.8) is 0 Å². The number of esters is 1. The molecule has 0 spiro atoms. The summed E-state index contributed by atoms with van der Waals surface area (Å²) in [6, 6.07) is 8.23. The van der Waals surface area contributed by atoms with Crippen molar-refractivity contribution in [3.8, 4) is 5.75 Å². The van der Waals surface area contributed by atoms with Crippen LogP contribution in [0.15, 0.2) is 39.9 Å². The smallest absolute Gasteiger partial charge is 0.353 e. The van der Waals surface area contributed by atoms with Crippen molar-refractivity contribution in [2.24, 2.45) is 0 Å². The normalized spacial score (nSPS) is 10.9. The molecule has 0 heterocycles. The van der Waals surface area contributed by atoms with Gasteiger partial charge in [-0.3, -0.25) is 0 Å². The van der Waals surface area contributed by atoms with Gasteiger partial charge >= 0.3 is 5.97 Å². The summed E-state index contributed by atoms with van der Waals surface area (Å²) < 4.78 is 2.37. The molecule has 0 N–H and O–H groups in total. The van der Waals surface area contributed by atoms with E-state index in [0.29, 0.717) is 0 Å². The van der Waals surface area contributed by atoms with Crippen molar-refractivity contribution in [2.45, 2.75) is 4.33 Å². The van der Waals surface area contributed by atoms with Crippen LogP contribution in [0.2, 0.25) is 0 Å². The number of hydrogen-bond acceptors (Lipinski definition) is 2. The van der Waals surface area contributed by atoms with E-state index >= 15 is 0 Å². The van der Waals surface area contributed by atoms with Crippen LogP contribution >= 0.6 is 58.0 Å². The first-order chi connectivity index (χ1) is 7.85. The first kappa shape index (κ1) is 14.9. The van der Waals surface area contributed by atoms with Crippen molar-refractivity contribution in [2.75, 3.05) is 0 Å². The average molecular weight is 334 g/mol. The lowest BCUT2D eigenvalue weighted by molar-refractivity contribution is -0.134. The molecule has 0 aliphatic carbocycles. The van der Waals surface area contributed by atoms with Crippen molar-refractivity contribution < 1.29 is 9.53 Å². The topological polar surface area (TPSA) is 26.3 Å². The molecule has 17 heavy (non-hydrogen) atoms. The standard InChI is InChI=1S/C10H5Cl5O2/c11-7(8(12)13)10(14,15)9(16)17-6-4-2-1-3-5-6/h1-5H. The number of halogens is 5. The molecule has 0 saturated carbocycles. The number of hydrogen-bond donors (Lipinski definition) is 0. The maximum absolute atomic E-state index is 11.7. The van der Waals surface area contributed by atoms with E-state index < -0.39 is 19.8 Å². The zero-order valence-electron chi connectivity index (χ0n) is 8.09. The van der Waals surface area contributed by atoms with Crippen LogP contribution in [0.1, 0.15) is 0 Å². The van der Waals surface area contributed by atoms with Crippen molar-refractivity contribution >= 4 is 64.0 Å². The minimum atomic E-state index is -2.14. The van der Waals surface area contributed by atoms with Crippen LogP contribution in [-0.4, -0.2) is 10.3 Å². The van der Waals surface area contributed by atoms with E-state index in [2.05, 4.69) is 0 Å². The molecular formula is C10H5Cl5O2. The Labute approximate surface area is 123 Å². The Bertz CT molecular complexity index is 437. The Morgan fingerprint density at radius 2 is 1.59 bits per heavy atom. The van der Waals surface area contributed by atoms with Crippen LogP contribution in [0.3, 0.4) is 0 Å². The van der Waals surface area contributed by atoms with Gasteiger partial charge in [-0.1, -0.05) is 76.2 Å². The molecule has 0 aromatic heterocycles. The summed E-state index contributed by atoms with van der Waals surface area (Å²) in [5.74, 6) is -0.714. The summed E-state index contributed by atoms with van der Waals surface area (Å²) in [4.78, 5) is 11.7. The molecule has 7 heteroatoms. The Hall–Kier alpha value is -0.120. The van der Waals surface area contributed by atoms with Gasteiger partial charge in [-0.05, 0) is 12.1 Å². The van der Waals surface area contributed by atoms with Gasteiger partial charge in [-0.25, -0.2) is 4.79 Å². The fourth-order valence-corrected chi connectivity index (χ4v) is 1.69. The fourth-order valence-electron chi connectivity index (χ4n) is 0.868. The van der Waals surface area contributed by atoms with E-state index in [9.17, 15) is 4.79 Å². The lowest BCUT2D eigenvalue weighted by Gasteiger charge is -2.17. The van der Waals surface area contributed by atoms with Crippen molar-refractivity contribution in [1.82, 2.24) is 0 Å². The van der Waals surface area contributed by atoms with Crippen LogP contribution in [0.25, 0.3) is 0 Å². The van der Waals surface area contributed by atoms with Gasteiger partial charge in [0.2, 0.25) is 0 Å². The second kappa shape index (κ2) is 6.17. The Balaban J connectivity index is 2.88. The number of rotatable bonds is 3. The number of para-hydroxylation sites is 1. The fraction of sp³-hybridized carbons (Fsp3) is 0.100. The lowest BCUT2D eigenvalue weighted by atomic mass is 10.3. The molecule has 2 nitrogen and oxygen atoms in total. The quantitative estimate of drug-likeness (QED) is 0.457. The van der Waals surface area contributed by atoms with Gasteiger partial charge < -0.3 is 4.74 Å². The van der Waals surface area contributed by atoms with Gasteiger partial charge in [0.15, 0.2) is 0 Å². The Morgan fingerprint density at radius 3 is 2.06 bits per heavy atom. The van der Waals surface area contributed by atoms with Crippen LogP contribution in [0.4, 0.5) is 0 Å². The molecular weight excluding hydrogens is 329 g/mol. The molecule has 0 saturated heterocycles. The molecule has 1 aromatic rings.